The Morgan fingerprint density at radius 2 is 2.14 bits per heavy atom. The molecule has 1 fully saturated rings. The van der Waals surface area contributed by atoms with Crippen LogP contribution in [0, 0.1) is 12.8 Å². The highest BCUT2D eigenvalue weighted by Crippen LogP contribution is 2.36. The number of hydrogen-bond donors (Lipinski definition) is 1. The highest BCUT2D eigenvalue weighted by Gasteiger charge is 2.38. The molecule has 156 valence electrons. The van der Waals surface area contributed by atoms with Crippen molar-refractivity contribution in [2.45, 2.75) is 44.7 Å². The lowest BCUT2D eigenvalue weighted by Crippen LogP contribution is -2.48. The van der Waals surface area contributed by atoms with Gasteiger partial charge in [0.2, 0.25) is 5.56 Å². The Kier molecular flexibility index (Phi) is 5.14. The lowest BCUT2D eigenvalue weighted by Gasteiger charge is -2.41. The minimum Gasteiger partial charge on any atom is -0.367 e. The van der Waals surface area contributed by atoms with Gasteiger partial charge >= 0.3 is 0 Å². The van der Waals surface area contributed by atoms with Gasteiger partial charge in [0.25, 0.3) is 12.3 Å². The largest absolute Gasteiger partial charge is 0.367 e. The number of carbonyl (C=O) groups excluding carboxylic acids is 1. The Labute approximate surface area is 167 Å². The Morgan fingerprint density at radius 1 is 1.34 bits per heavy atom. The van der Waals surface area contributed by atoms with Crippen LogP contribution in [0.4, 0.5) is 14.6 Å². The monoisotopic (exact) mass is 405 g/mol. The summed E-state index contributed by atoms with van der Waals surface area (Å²) in [6, 6.07) is 3.61. The quantitative estimate of drug-likeness (QED) is 0.852. The summed E-state index contributed by atoms with van der Waals surface area (Å²) < 4.78 is 30.1. The molecule has 9 heteroatoms. The van der Waals surface area contributed by atoms with E-state index in [9.17, 15) is 18.4 Å². The number of pyridine rings is 1. The van der Waals surface area contributed by atoms with Gasteiger partial charge in [-0.2, -0.15) is 5.10 Å². The van der Waals surface area contributed by atoms with E-state index in [0.29, 0.717) is 30.2 Å². The molecule has 1 saturated heterocycles. The number of nitrogens with one attached hydrogen (secondary N) is 1. The molecule has 1 N–H and O–H groups in total. The molecule has 2 aliphatic heterocycles. The van der Waals surface area contributed by atoms with Crippen molar-refractivity contribution in [3.8, 4) is 0 Å². The molecule has 3 atom stereocenters. The third-order valence-corrected chi connectivity index (χ3v) is 5.94. The summed E-state index contributed by atoms with van der Waals surface area (Å²) in [4.78, 5) is 26.3. The van der Waals surface area contributed by atoms with Crippen LogP contribution in [0.1, 0.15) is 41.4 Å². The Bertz CT molecular complexity index is 970. The first kappa shape index (κ1) is 19.6. The number of carbonyl (C=O) groups is 1. The van der Waals surface area contributed by atoms with Crippen molar-refractivity contribution in [1.29, 1.82) is 0 Å². The Hall–Kier alpha value is -2.71. The van der Waals surface area contributed by atoms with Gasteiger partial charge in [-0.15, -0.1) is 0 Å². The maximum absolute atomic E-state index is 13.7. The third-order valence-electron chi connectivity index (χ3n) is 5.94. The standard InChI is InChI=1S/C20H25F2N5O2/c1-12-8-17-23-15(9-16(19(21)22)27(17)24-12)13-4-3-7-26(11-13)20(29)14-5-6-18(28)25(2)10-14/h5-6,8,10,13,15-16,19,23H,3-4,7,9,11H2,1-2H3/t13?,15-,16+/m0/s1. The van der Waals surface area contributed by atoms with Crippen LogP contribution in [0.3, 0.4) is 0 Å². The van der Waals surface area contributed by atoms with Gasteiger partial charge in [-0.3, -0.25) is 9.59 Å². The van der Waals surface area contributed by atoms with Crippen LogP contribution in [-0.4, -0.2) is 50.7 Å². The van der Waals surface area contributed by atoms with Crippen LogP contribution in [0.15, 0.2) is 29.2 Å². The molecule has 1 unspecified atom stereocenters. The maximum atomic E-state index is 13.7. The molecule has 4 heterocycles. The van der Waals surface area contributed by atoms with Crippen molar-refractivity contribution in [2.75, 3.05) is 18.4 Å². The summed E-state index contributed by atoms with van der Waals surface area (Å²) in [5.41, 5.74) is 0.992. The van der Waals surface area contributed by atoms with E-state index in [0.717, 1.165) is 12.8 Å². The molecule has 0 aliphatic carbocycles. The Morgan fingerprint density at radius 3 is 2.86 bits per heavy atom. The van der Waals surface area contributed by atoms with Gasteiger partial charge in [0.15, 0.2) is 0 Å². The zero-order valence-corrected chi connectivity index (χ0v) is 16.5. The molecule has 0 spiro atoms. The van der Waals surface area contributed by atoms with Crippen molar-refractivity contribution in [2.24, 2.45) is 13.0 Å². The van der Waals surface area contributed by atoms with Gasteiger partial charge < -0.3 is 14.8 Å². The van der Waals surface area contributed by atoms with Crippen molar-refractivity contribution in [3.05, 3.63) is 46.0 Å². The van der Waals surface area contributed by atoms with E-state index >= 15 is 0 Å². The van der Waals surface area contributed by atoms with Crippen LogP contribution in [-0.2, 0) is 7.05 Å². The predicted octanol–water partition coefficient (Wildman–Crippen LogP) is 2.43. The second-order valence-electron chi connectivity index (χ2n) is 8.02. The number of aromatic nitrogens is 3. The Balaban J connectivity index is 1.51. The molecule has 2 aliphatic rings. The first-order valence-corrected chi connectivity index (χ1v) is 9.90. The molecular weight excluding hydrogens is 380 g/mol. The van der Waals surface area contributed by atoms with Crippen LogP contribution < -0.4 is 10.9 Å². The predicted molar refractivity (Wildman–Crippen MR) is 104 cm³/mol. The summed E-state index contributed by atoms with van der Waals surface area (Å²) in [5.74, 6) is 0.559. The van der Waals surface area contributed by atoms with Crippen molar-refractivity contribution in [3.63, 3.8) is 0 Å². The highest BCUT2D eigenvalue weighted by atomic mass is 19.3. The summed E-state index contributed by atoms with van der Waals surface area (Å²) in [6.07, 6.45) is 1.01. The normalized spacial score (nSPS) is 24.3. The fourth-order valence-corrected chi connectivity index (χ4v) is 4.43. The zero-order chi connectivity index (χ0) is 20.7. The van der Waals surface area contributed by atoms with Gasteiger partial charge in [-0.05, 0) is 38.2 Å². The zero-order valence-electron chi connectivity index (χ0n) is 16.5. The first-order valence-electron chi connectivity index (χ1n) is 9.90. The van der Waals surface area contributed by atoms with Gasteiger partial charge in [-0.1, -0.05) is 0 Å². The number of amides is 1. The van der Waals surface area contributed by atoms with Crippen molar-refractivity contribution >= 4 is 11.7 Å². The molecule has 7 nitrogen and oxygen atoms in total. The minimum atomic E-state index is -2.50. The lowest BCUT2D eigenvalue weighted by atomic mass is 9.85. The van der Waals surface area contributed by atoms with Crippen LogP contribution in [0.2, 0.25) is 0 Å². The second kappa shape index (κ2) is 7.61. The number of aryl methyl sites for hydroxylation is 2. The SMILES string of the molecule is Cc1cc2n(n1)[C@@H](C(F)F)C[C@@H](C1CCCN(C(=O)c3ccc(=O)n(C)c3)C1)N2. The molecule has 29 heavy (non-hydrogen) atoms. The summed E-state index contributed by atoms with van der Waals surface area (Å²) in [6.45, 7) is 2.92. The molecule has 2 aromatic rings. The van der Waals surface area contributed by atoms with Crippen LogP contribution in [0.25, 0.3) is 0 Å². The van der Waals surface area contributed by atoms with E-state index in [1.165, 1.54) is 15.3 Å². The van der Waals surface area contributed by atoms with E-state index in [1.54, 1.807) is 37.2 Å². The average molecular weight is 405 g/mol. The van der Waals surface area contributed by atoms with Crippen molar-refractivity contribution < 1.29 is 13.6 Å². The van der Waals surface area contributed by atoms with Gasteiger partial charge in [-0.25, -0.2) is 13.5 Å². The average Bonchev–Trinajstić information content (AvgIpc) is 3.08. The summed E-state index contributed by atoms with van der Waals surface area (Å²) in [7, 11) is 1.61. The molecular formula is C20H25F2N5O2. The van der Waals surface area contributed by atoms with E-state index in [-0.39, 0.29) is 29.8 Å². The van der Waals surface area contributed by atoms with Gasteiger partial charge in [0, 0.05) is 44.5 Å². The van der Waals surface area contributed by atoms with Crippen LogP contribution in [0.5, 0.6) is 0 Å². The number of alkyl halides is 2. The van der Waals surface area contributed by atoms with Gasteiger partial charge in [0.1, 0.15) is 11.9 Å². The van der Waals surface area contributed by atoms with Crippen LogP contribution >= 0.6 is 0 Å². The molecule has 0 radical (unpaired) electrons. The van der Waals surface area contributed by atoms with E-state index in [1.807, 2.05) is 0 Å². The number of halogens is 2. The smallest absolute Gasteiger partial charge is 0.260 e. The number of fused-ring (bicyclic) bond motifs is 1. The number of rotatable bonds is 3. The highest BCUT2D eigenvalue weighted by molar-refractivity contribution is 5.94. The molecule has 0 bridgehead atoms. The molecule has 0 saturated carbocycles. The minimum absolute atomic E-state index is 0.0745. The molecule has 4 rings (SSSR count). The lowest BCUT2D eigenvalue weighted by molar-refractivity contribution is 0.0505. The van der Waals surface area contributed by atoms with E-state index < -0.39 is 12.5 Å². The number of piperidine rings is 1. The number of nitrogens with zero attached hydrogens (tertiary/aromatic N) is 4. The van der Waals surface area contributed by atoms with E-state index in [4.69, 9.17) is 0 Å². The molecule has 1 amide bonds. The fourth-order valence-electron chi connectivity index (χ4n) is 4.43. The summed E-state index contributed by atoms with van der Waals surface area (Å²) >= 11 is 0. The molecule has 0 aromatic carbocycles. The number of likely N-dealkylation sites (tertiary alicyclic amines) is 1. The maximum Gasteiger partial charge on any atom is 0.260 e. The summed E-state index contributed by atoms with van der Waals surface area (Å²) in [5, 5.41) is 7.59. The second-order valence-corrected chi connectivity index (χ2v) is 8.02. The number of anilines is 1. The first-order chi connectivity index (χ1) is 13.8. The van der Waals surface area contributed by atoms with E-state index in [2.05, 4.69) is 10.4 Å². The fraction of sp³-hybridized carbons (Fsp3) is 0.550. The van der Waals surface area contributed by atoms with Gasteiger partial charge in [0.05, 0.1) is 11.3 Å². The third kappa shape index (κ3) is 3.77. The van der Waals surface area contributed by atoms with Crippen molar-refractivity contribution in [1.82, 2.24) is 19.2 Å². The molecule has 2 aromatic heterocycles. The number of hydrogen-bond acceptors (Lipinski definition) is 4. The topological polar surface area (TPSA) is 72.2 Å².